The number of nitrogens with zero attached hydrogens (tertiary/aromatic N) is 1. The molecular weight excluding hydrogens is 170 g/mol. The number of likely N-dealkylation sites (N-methyl/N-ethyl adjacent to an activating group) is 1. The van der Waals surface area contributed by atoms with Crippen molar-refractivity contribution < 1.29 is 0 Å². The topological polar surface area (TPSA) is 3.24 Å². The lowest BCUT2D eigenvalue weighted by Crippen LogP contribution is -2.12. The molecule has 0 saturated carbocycles. The highest BCUT2D eigenvalue weighted by Gasteiger charge is 2.14. The van der Waals surface area contributed by atoms with Crippen molar-refractivity contribution >= 4 is 5.69 Å². The van der Waals surface area contributed by atoms with Gasteiger partial charge in [0.2, 0.25) is 0 Å². The largest absolute Gasteiger partial charge is 0.374 e. The van der Waals surface area contributed by atoms with Gasteiger partial charge in [0.05, 0.1) is 0 Å². The van der Waals surface area contributed by atoms with Crippen molar-refractivity contribution in [1.82, 2.24) is 0 Å². The monoisotopic (exact) mass is 191 g/mol. The number of anilines is 1. The van der Waals surface area contributed by atoms with E-state index >= 15 is 0 Å². The van der Waals surface area contributed by atoms with Gasteiger partial charge in [-0.05, 0) is 30.0 Å². The zero-order valence-corrected chi connectivity index (χ0v) is 9.80. The van der Waals surface area contributed by atoms with Gasteiger partial charge in [-0.3, -0.25) is 0 Å². The van der Waals surface area contributed by atoms with Crippen molar-refractivity contribution in [2.45, 2.75) is 33.6 Å². The van der Waals surface area contributed by atoms with Gasteiger partial charge in [0.1, 0.15) is 0 Å². The smallest absolute Gasteiger partial charge is 0.0397 e. The fourth-order valence-corrected chi connectivity index (χ4v) is 1.84. The van der Waals surface area contributed by atoms with Crippen LogP contribution in [0.15, 0.2) is 18.2 Å². The summed E-state index contributed by atoms with van der Waals surface area (Å²) in [7, 11) is 2.16. The minimum atomic E-state index is 1.15. The van der Waals surface area contributed by atoms with Crippen LogP contribution in [0.1, 0.15) is 31.9 Å². The van der Waals surface area contributed by atoms with Crippen molar-refractivity contribution in [3.8, 4) is 0 Å². The molecule has 0 saturated heterocycles. The molecule has 1 heterocycles. The highest BCUT2D eigenvalue weighted by atomic mass is 15.1. The molecule has 0 spiro atoms. The van der Waals surface area contributed by atoms with Crippen LogP contribution in [0.4, 0.5) is 5.69 Å². The molecule has 1 aromatic carbocycles. The van der Waals surface area contributed by atoms with Gasteiger partial charge in [0.15, 0.2) is 0 Å². The molecule has 0 bridgehead atoms. The Hall–Kier alpha value is -0.980. The lowest BCUT2D eigenvalue weighted by atomic mass is 10.1. The second-order valence-corrected chi connectivity index (χ2v) is 3.49. The summed E-state index contributed by atoms with van der Waals surface area (Å²) in [5.41, 5.74) is 4.41. The van der Waals surface area contributed by atoms with Crippen molar-refractivity contribution in [3.63, 3.8) is 0 Å². The molecule has 1 aromatic rings. The number of aryl methyl sites for hydroxylation is 1. The number of hydrogen-bond acceptors (Lipinski definition) is 1. The molecule has 14 heavy (non-hydrogen) atoms. The first-order valence-electron chi connectivity index (χ1n) is 5.64. The van der Waals surface area contributed by atoms with E-state index in [0.717, 1.165) is 6.42 Å². The Bertz CT molecular complexity index is 291. The molecule has 1 heteroatoms. The summed E-state index contributed by atoms with van der Waals surface area (Å²) in [5, 5.41) is 0. The molecule has 0 aliphatic carbocycles. The molecule has 1 aliphatic heterocycles. The van der Waals surface area contributed by atoms with Gasteiger partial charge in [-0.2, -0.15) is 0 Å². The molecule has 0 atom stereocenters. The van der Waals surface area contributed by atoms with Crippen LogP contribution in [0.3, 0.4) is 0 Å². The molecule has 1 nitrogen and oxygen atoms in total. The minimum Gasteiger partial charge on any atom is -0.374 e. The van der Waals surface area contributed by atoms with Crippen molar-refractivity contribution in [2.75, 3.05) is 18.5 Å². The first-order chi connectivity index (χ1) is 6.81. The van der Waals surface area contributed by atoms with E-state index in [1.54, 1.807) is 0 Å². The van der Waals surface area contributed by atoms with E-state index < -0.39 is 0 Å². The van der Waals surface area contributed by atoms with Gasteiger partial charge in [0, 0.05) is 19.3 Å². The second kappa shape index (κ2) is 5.04. The zero-order chi connectivity index (χ0) is 10.6. The molecule has 0 fully saturated rings. The molecule has 0 N–H and O–H groups in total. The highest BCUT2D eigenvalue weighted by molar-refractivity contribution is 5.58. The maximum atomic E-state index is 2.35. The Morgan fingerprint density at radius 2 is 2.00 bits per heavy atom. The van der Waals surface area contributed by atoms with E-state index in [9.17, 15) is 0 Å². The number of benzene rings is 1. The lowest BCUT2D eigenvalue weighted by Gasteiger charge is -2.11. The molecule has 1 aliphatic rings. The third kappa shape index (κ3) is 2.09. The van der Waals surface area contributed by atoms with E-state index in [1.165, 1.54) is 29.8 Å². The fourth-order valence-electron chi connectivity index (χ4n) is 1.84. The van der Waals surface area contributed by atoms with Gasteiger partial charge >= 0.3 is 0 Å². The molecular formula is C13H21N. The Balaban J connectivity index is 0.000000461. The predicted octanol–water partition coefficient (Wildman–Crippen LogP) is 3.27. The van der Waals surface area contributed by atoms with Crippen LogP contribution in [0.5, 0.6) is 0 Å². The zero-order valence-electron chi connectivity index (χ0n) is 9.80. The summed E-state index contributed by atoms with van der Waals surface area (Å²) in [6.07, 6.45) is 2.37. The maximum absolute atomic E-state index is 2.35. The number of fused-ring (bicyclic) bond motifs is 1. The van der Waals surface area contributed by atoms with Crippen LogP contribution in [0.25, 0.3) is 0 Å². The van der Waals surface area contributed by atoms with Crippen molar-refractivity contribution in [2.24, 2.45) is 0 Å². The average Bonchev–Trinajstić information content (AvgIpc) is 2.63. The molecule has 2 rings (SSSR count). The molecule has 0 radical (unpaired) electrons. The molecule has 0 amide bonds. The van der Waals surface area contributed by atoms with Crippen LogP contribution >= 0.6 is 0 Å². The predicted molar refractivity (Wildman–Crippen MR) is 64.1 cm³/mol. The summed E-state index contributed by atoms with van der Waals surface area (Å²) in [6, 6.07) is 6.83. The highest BCUT2D eigenvalue weighted by Crippen LogP contribution is 2.27. The first kappa shape index (κ1) is 11.1. The average molecular weight is 191 g/mol. The third-order valence-corrected chi connectivity index (χ3v) is 2.68. The minimum absolute atomic E-state index is 1.15. The Labute approximate surface area is 87.7 Å². The molecule has 78 valence electrons. The van der Waals surface area contributed by atoms with E-state index in [2.05, 4.69) is 37.1 Å². The lowest BCUT2D eigenvalue weighted by molar-refractivity contribution is 0.955. The van der Waals surface area contributed by atoms with Crippen LogP contribution in [-0.4, -0.2) is 13.6 Å². The quantitative estimate of drug-likeness (QED) is 0.658. The Morgan fingerprint density at radius 1 is 1.29 bits per heavy atom. The molecule has 0 aromatic heterocycles. The number of rotatable bonds is 1. The fraction of sp³-hybridized carbons (Fsp3) is 0.538. The van der Waals surface area contributed by atoms with Gasteiger partial charge < -0.3 is 4.90 Å². The van der Waals surface area contributed by atoms with Gasteiger partial charge in [-0.1, -0.05) is 32.9 Å². The summed E-state index contributed by atoms with van der Waals surface area (Å²) in [4.78, 5) is 2.33. The van der Waals surface area contributed by atoms with Crippen molar-refractivity contribution in [1.29, 1.82) is 0 Å². The van der Waals surface area contributed by atoms with Crippen LogP contribution in [-0.2, 0) is 12.8 Å². The first-order valence-corrected chi connectivity index (χ1v) is 5.64. The summed E-state index contributed by atoms with van der Waals surface area (Å²) in [5.74, 6) is 0. The van der Waals surface area contributed by atoms with Crippen LogP contribution < -0.4 is 4.90 Å². The van der Waals surface area contributed by atoms with E-state index in [0.29, 0.717) is 0 Å². The second-order valence-electron chi connectivity index (χ2n) is 3.49. The maximum Gasteiger partial charge on any atom is 0.0397 e. The van der Waals surface area contributed by atoms with E-state index in [-0.39, 0.29) is 0 Å². The Kier molecular flexibility index (Phi) is 3.99. The number of hydrogen-bond donors (Lipinski definition) is 0. The summed E-state index contributed by atoms with van der Waals surface area (Å²) in [6.45, 7) is 7.39. The van der Waals surface area contributed by atoms with E-state index in [4.69, 9.17) is 0 Å². The summed E-state index contributed by atoms with van der Waals surface area (Å²) >= 11 is 0. The van der Waals surface area contributed by atoms with Crippen LogP contribution in [0.2, 0.25) is 0 Å². The van der Waals surface area contributed by atoms with Gasteiger partial charge in [-0.25, -0.2) is 0 Å². The van der Waals surface area contributed by atoms with Crippen LogP contribution in [0, 0.1) is 0 Å². The standard InChI is InChI=1S/C11H15N.C2H6/c1-3-9-4-5-11-10(8-9)6-7-12(11)2;1-2/h4-5,8H,3,6-7H2,1-2H3;1-2H3. The van der Waals surface area contributed by atoms with Gasteiger partial charge in [-0.15, -0.1) is 0 Å². The van der Waals surface area contributed by atoms with Gasteiger partial charge in [0.25, 0.3) is 0 Å². The normalized spacial score (nSPS) is 13.3. The van der Waals surface area contributed by atoms with Crippen molar-refractivity contribution in [3.05, 3.63) is 29.3 Å². The molecule has 0 unspecified atom stereocenters. The van der Waals surface area contributed by atoms with E-state index in [1.807, 2.05) is 13.8 Å². The third-order valence-electron chi connectivity index (χ3n) is 2.68. The summed E-state index contributed by atoms with van der Waals surface area (Å²) < 4.78 is 0. The SMILES string of the molecule is CC.CCc1ccc2c(c1)CCN2C. The Morgan fingerprint density at radius 3 is 2.64 bits per heavy atom.